The van der Waals surface area contributed by atoms with Gasteiger partial charge in [-0.1, -0.05) is 0 Å². The zero-order chi connectivity index (χ0) is 23.0. The highest BCUT2D eigenvalue weighted by atomic mass is 32.1. The lowest BCUT2D eigenvalue weighted by Gasteiger charge is -2.30. The van der Waals surface area contributed by atoms with E-state index in [1.165, 1.54) is 0 Å². The van der Waals surface area contributed by atoms with E-state index in [-0.39, 0.29) is 11.1 Å². The number of benzene rings is 1. The summed E-state index contributed by atoms with van der Waals surface area (Å²) >= 11 is 4.74. The van der Waals surface area contributed by atoms with Crippen molar-refractivity contribution in [3.63, 3.8) is 0 Å². The smallest absolute Gasteiger partial charge is 0.328 e. The number of nitrogens with zero attached hydrogens (tertiary/aromatic N) is 6. The molecular weight excluding hydrogens is 448 g/mol. The normalized spacial score (nSPS) is 16.6. The minimum atomic E-state index is 0.0835. The Bertz CT molecular complexity index is 960. The van der Waals surface area contributed by atoms with E-state index in [2.05, 4.69) is 35.3 Å². The number of anilines is 2. The molecule has 2 aliphatic rings. The van der Waals surface area contributed by atoms with Gasteiger partial charge in [-0.2, -0.15) is 20.1 Å². The third-order valence-corrected chi connectivity index (χ3v) is 5.05. The summed E-state index contributed by atoms with van der Waals surface area (Å²) in [7, 11) is 1.56. The Morgan fingerprint density at radius 1 is 1.03 bits per heavy atom. The largest absolute Gasteiger partial charge is 0.493 e. The molecule has 1 aromatic carbocycles. The fourth-order valence-electron chi connectivity index (χ4n) is 3.31. The molecule has 0 saturated carbocycles. The van der Waals surface area contributed by atoms with Crippen LogP contribution in [0.1, 0.15) is 5.56 Å². The van der Waals surface area contributed by atoms with E-state index < -0.39 is 0 Å². The first-order valence-electron chi connectivity index (χ1n) is 10.5. The summed E-state index contributed by atoms with van der Waals surface area (Å²) in [4.78, 5) is 17.9. The van der Waals surface area contributed by atoms with Crippen LogP contribution >= 0.6 is 12.2 Å². The van der Waals surface area contributed by atoms with Gasteiger partial charge >= 0.3 is 6.01 Å². The number of thiocarbonyl (C=S) groups is 1. The molecule has 0 bridgehead atoms. The number of ether oxygens (including phenoxy) is 4. The van der Waals surface area contributed by atoms with Crippen LogP contribution in [0.25, 0.3) is 0 Å². The maximum atomic E-state index is 6.06. The van der Waals surface area contributed by atoms with E-state index in [1.807, 2.05) is 6.07 Å². The molecule has 33 heavy (non-hydrogen) atoms. The van der Waals surface area contributed by atoms with Crippen molar-refractivity contribution >= 4 is 35.4 Å². The molecule has 2 fully saturated rings. The Morgan fingerprint density at radius 3 is 2.18 bits per heavy atom. The van der Waals surface area contributed by atoms with E-state index in [1.54, 1.807) is 25.5 Å². The molecule has 2 saturated heterocycles. The van der Waals surface area contributed by atoms with E-state index in [0.29, 0.717) is 76.0 Å². The van der Waals surface area contributed by atoms with Gasteiger partial charge in [0.2, 0.25) is 11.9 Å². The number of nitrogens with one attached hydrogen (secondary N) is 1. The van der Waals surface area contributed by atoms with Gasteiger partial charge in [0.05, 0.1) is 39.8 Å². The molecule has 1 aromatic heterocycles. The second-order valence-electron chi connectivity index (χ2n) is 7.16. The average Bonchev–Trinajstić information content (AvgIpc) is 2.85. The highest BCUT2D eigenvalue weighted by molar-refractivity contribution is 7.80. The molecule has 0 aliphatic carbocycles. The summed E-state index contributed by atoms with van der Waals surface area (Å²) in [6.45, 7) is 5.27. The number of rotatable bonds is 7. The average molecular weight is 475 g/mol. The van der Waals surface area contributed by atoms with Crippen LogP contribution in [0, 0.1) is 0 Å². The predicted molar refractivity (Wildman–Crippen MR) is 126 cm³/mol. The summed E-state index contributed by atoms with van der Waals surface area (Å²) in [5.41, 5.74) is 8.66. The number of aromatic nitrogens is 3. The second-order valence-corrected chi connectivity index (χ2v) is 7.60. The van der Waals surface area contributed by atoms with Crippen molar-refractivity contribution in [2.24, 2.45) is 10.8 Å². The molecule has 176 valence electrons. The summed E-state index contributed by atoms with van der Waals surface area (Å²) in [6.07, 6.45) is 1.57. The number of nitrogens with two attached hydrogens (primary N) is 1. The van der Waals surface area contributed by atoms with Gasteiger partial charge < -0.3 is 34.5 Å². The Balaban J connectivity index is 1.60. The Hall–Kier alpha value is -3.29. The first-order valence-corrected chi connectivity index (χ1v) is 10.9. The Morgan fingerprint density at radius 2 is 1.64 bits per heavy atom. The van der Waals surface area contributed by atoms with Gasteiger partial charge in [0.1, 0.15) is 0 Å². The quantitative estimate of drug-likeness (QED) is 0.329. The SMILES string of the molecule is COc1cc(C=NNC(N)=S)ccc1Oc1nc(N2CCOCC2)nc(N2CCOCC2)n1. The van der Waals surface area contributed by atoms with Crippen LogP contribution in [-0.4, -0.2) is 86.0 Å². The zero-order valence-corrected chi connectivity index (χ0v) is 19.1. The highest BCUT2D eigenvalue weighted by Crippen LogP contribution is 2.32. The van der Waals surface area contributed by atoms with Crippen LogP contribution in [0.4, 0.5) is 11.9 Å². The summed E-state index contributed by atoms with van der Waals surface area (Å²) in [5, 5.41) is 4.04. The fraction of sp³-hybridized carbons (Fsp3) is 0.450. The van der Waals surface area contributed by atoms with Crippen LogP contribution < -0.4 is 30.4 Å². The lowest BCUT2D eigenvalue weighted by Crippen LogP contribution is -2.40. The van der Waals surface area contributed by atoms with Gasteiger partial charge in [-0.15, -0.1) is 0 Å². The molecule has 12 nitrogen and oxygen atoms in total. The monoisotopic (exact) mass is 474 g/mol. The Kier molecular flexibility index (Phi) is 7.65. The van der Waals surface area contributed by atoms with Crippen molar-refractivity contribution in [2.75, 3.05) is 69.5 Å². The summed E-state index contributed by atoms with van der Waals surface area (Å²) < 4.78 is 22.5. The molecule has 0 radical (unpaired) electrons. The lowest BCUT2D eigenvalue weighted by molar-refractivity contribution is 0.121. The van der Waals surface area contributed by atoms with Gasteiger partial charge in [0.25, 0.3) is 0 Å². The maximum Gasteiger partial charge on any atom is 0.328 e. The molecular formula is C20H26N8O4S. The number of methoxy groups -OCH3 is 1. The van der Waals surface area contributed by atoms with Gasteiger partial charge in [-0.3, -0.25) is 5.43 Å². The van der Waals surface area contributed by atoms with Gasteiger partial charge in [-0.05, 0) is 36.0 Å². The van der Waals surface area contributed by atoms with Gasteiger partial charge in [-0.25, -0.2) is 0 Å². The lowest BCUT2D eigenvalue weighted by atomic mass is 10.2. The molecule has 2 aromatic rings. The molecule has 4 rings (SSSR count). The van der Waals surface area contributed by atoms with Crippen LogP contribution in [0.2, 0.25) is 0 Å². The number of morpholine rings is 2. The van der Waals surface area contributed by atoms with Crippen LogP contribution in [0.3, 0.4) is 0 Å². The van der Waals surface area contributed by atoms with Gasteiger partial charge in [0, 0.05) is 26.2 Å². The summed E-state index contributed by atoms with van der Waals surface area (Å²) in [5.74, 6) is 2.06. The molecule has 0 unspecified atom stereocenters. The van der Waals surface area contributed by atoms with Crippen LogP contribution in [0.15, 0.2) is 23.3 Å². The van der Waals surface area contributed by atoms with E-state index >= 15 is 0 Å². The van der Waals surface area contributed by atoms with Crippen molar-refractivity contribution in [1.82, 2.24) is 20.4 Å². The van der Waals surface area contributed by atoms with Crippen LogP contribution in [0.5, 0.6) is 17.5 Å². The molecule has 2 aliphatic heterocycles. The van der Waals surface area contributed by atoms with Crippen molar-refractivity contribution in [3.8, 4) is 17.5 Å². The van der Waals surface area contributed by atoms with Gasteiger partial charge in [0.15, 0.2) is 16.6 Å². The topological polar surface area (TPSA) is 132 Å². The summed E-state index contributed by atoms with van der Waals surface area (Å²) in [6, 6.07) is 5.53. The maximum absolute atomic E-state index is 6.06. The predicted octanol–water partition coefficient (Wildman–Crippen LogP) is 0.513. The number of hydrazone groups is 1. The van der Waals surface area contributed by atoms with E-state index in [9.17, 15) is 0 Å². The van der Waals surface area contributed by atoms with E-state index in [4.69, 9.17) is 36.9 Å². The molecule has 0 amide bonds. The Labute approximate surface area is 196 Å². The molecule has 0 spiro atoms. The molecule has 3 heterocycles. The number of hydrogen-bond acceptors (Lipinski definition) is 11. The molecule has 0 atom stereocenters. The highest BCUT2D eigenvalue weighted by Gasteiger charge is 2.22. The minimum absolute atomic E-state index is 0.0835. The third kappa shape index (κ3) is 6.15. The molecule has 13 heteroatoms. The number of hydrogen-bond donors (Lipinski definition) is 2. The second kappa shape index (κ2) is 11.0. The fourth-order valence-corrected chi connectivity index (χ4v) is 3.36. The standard InChI is InChI=1S/C20H26N8O4S/c1-29-16-12-14(13-22-26-17(21)33)2-3-15(16)32-20-24-18(27-4-8-30-9-5-27)23-19(25-20)28-6-10-31-11-7-28/h2-3,12-13H,4-11H2,1H3,(H3,21,26,33). The first-order chi connectivity index (χ1) is 16.1. The first kappa shape index (κ1) is 22.9. The minimum Gasteiger partial charge on any atom is -0.493 e. The zero-order valence-electron chi connectivity index (χ0n) is 18.3. The molecule has 3 N–H and O–H groups in total. The van der Waals surface area contributed by atoms with Crippen molar-refractivity contribution in [2.45, 2.75) is 0 Å². The van der Waals surface area contributed by atoms with Crippen molar-refractivity contribution in [1.29, 1.82) is 0 Å². The van der Waals surface area contributed by atoms with E-state index in [0.717, 1.165) is 5.56 Å². The van der Waals surface area contributed by atoms with Crippen molar-refractivity contribution in [3.05, 3.63) is 23.8 Å². The third-order valence-electron chi connectivity index (χ3n) is 4.96. The van der Waals surface area contributed by atoms with Crippen LogP contribution in [-0.2, 0) is 9.47 Å². The van der Waals surface area contributed by atoms with Crippen molar-refractivity contribution < 1.29 is 18.9 Å².